The lowest BCUT2D eigenvalue weighted by molar-refractivity contribution is 0.177. The van der Waals surface area contributed by atoms with E-state index in [9.17, 15) is 0 Å². The largest absolute Gasteiger partial charge is 0.460 e. The molecule has 1 N–H and O–H groups in total. The molecule has 1 fully saturated rings. The number of nitrogens with one attached hydrogen (secondary N) is 1. The minimum atomic E-state index is 0.103. The van der Waals surface area contributed by atoms with Crippen LogP contribution >= 0.6 is 0 Å². The van der Waals surface area contributed by atoms with Gasteiger partial charge in [0.2, 0.25) is 11.9 Å². The van der Waals surface area contributed by atoms with Gasteiger partial charge in [0, 0.05) is 20.1 Å². The van der Waals surface area contributed by atoms with Gasteiger partial charge in [0.15, 0.2) is 0 Å². The van der Waals surface area contributed by atoms with Crippen molar-refractivity contribution in [3.05, 3.63) is 0 Å². The molecule has 1 aromatic rings. The van der Waals surface area contributed by atoms with Gasteiger partial charge in [-0.25, -0.2) is 0 Å². The summed E-state index contributed by atoms with van der Waals surface area (Å²) in [7, 11) is 1.82. The van der Waals surface area contributed by atoms with Crippen LogP contribution in [0.3, 0.4) is 0 Å². The maximum absolute atomic E-state index is 5.87. The van der Waals surface area contributed by atoms with Gasteiger partial charge in [-0.3, -0.25) is 0 Å². The molecule has 1 unspecified atom stereocenters. The van der Waals surface area contributed by atoms with Gasteiger partial charge in [0.25, 0.3) is 0 Å². The van der Waals surface area contributed by atoms with Crippen molar-refractivity contribution in [3.8, 4) is 6.01 Å². The Hall–Kier alpha value is -1.59. The fourth-order valence-corrected chi connectivity index (χ4v) is 2.64. The molecular weight excluding hydrogens is 266 g/mol. The average Bonchev–Trinajstić information content (AvgIpc) is 2.46. The Bertz CT molecular complexity index is 446. The molecule has 1 aliphatic heterocycles. The van der Waals surface area contributed by atoms with Crippen LogP contribution in [0.25, 0.3) is 0 Å². The second-order valence-corrected chi connectivity index (χ2v) is 6.10. The van der Waals surface area contributed by atoms with Gasteiger partial charge in [-0.1, -0.05) is 13.8 Å². The van der Waals surface area contributed by atoms with Crippen LogP contribution in [-0.4, -0.2) is 41.2 Å². The number of nitrogens with zero attached hydrogens (tertiary/aromatic N) is 4. The number of ether oxygens (including phenoxy) is 1. The van der Waals surface area contributed by atoms with Crippen LogP contribution in [0.15, 0.2) is 0 Å². The summed E-state index contributed by atoms with van der Waals surface area (Å²) >= 11 is 0. The van der Waals surface area contributed by atoms with Crippen molar-refractivity contribution in [3.63, 3.8) is 0 Å². The summed E-state index contributed by atoms with van der Waals surface area (Å²) in [5, 5.41) is 2.99. The number of rotatable bonds is 6. The molecule has 1 saturated heterocycles. The molecule has 6 heteroatoms. The molecule has 0 amide bonds. The van der Waals surface area contributed by atoms with Crippen molar-refractivity contribution < 1.29 is 4.74 Å². The van der Waals surface area contributed by atoms with E-state index in [0.29, 0.717) is 17.9 Å². The molecule has 21 heavy (non-hydrogen) atoms. The lowest BCUT2D eigenvalue weighted by Crippen LogP contribution is -2.31. The third-order valence-electron chi connectivity index (χ3n) is 3.58. The van der Waals surface area contributed by atoms with E-state index >= 15 is 0 Å². The van der Waals surface area contributed by atoms with Gasteiger partial charge in [-0.15, -0.1) is 0 Å². The van der Waals surface area contributed by atoms with Crippen LogP contribution in [0.2, 0.25) is 0 Å². The summed E-state index contributed by atoms with van der Waals surface area (Å²) in [6.07, 6.45) is 4.77. The normalized spacial score (nSPS) is 16.9. The topological polar surface area (TPSA) is 63.2 Å². The van der Waals surface area contributed by atoms with E-state index in [2.05, 4.69) is 45.9 Å². The predicted octanol–water partition coefficient (Wildman–Crippen LogP) is 2.72. The number of anilines is 2. The first-order valence-corrected chi connectivity index (χ1v) is 7.94. The standard InChI is InChI=1S/C15H27N5O/c1-11(2)10-12(3)21-15-18-13(16-4)17-14(19-15)20-8-6-5-7-9-20/h11-12H,5-10H2,1-4H3,(H,16,17,18,19). The zero-order valence-electron chi connectivity index (χ0n) is 13.6. The highest BCUT2D eigenvalue weighted by atomic mass is 16.5. The summed E-state index contributed by atoms with van der Waals surface area (Å²) in [5.74, 6) is 1.88. The molecule has 2 rings (SSSR count). The Labute approximate surface area is 127 Å². The molecule has 0 saturated carbocycles. The molecule has 1 aliphatic rings. The molecule has 1 aromatic heterocycles. The highest BCUT2D eigenvalue weighted by molar-refractivity contribution is 5.38. The van der Waals surface area contributed by atoms with Gasteiger partial charge < -0.3 is 15.0 Å². The van der Waals surface area contributed by atoms with E-state index in [4.69, 9.17) is 4.74 Å². The van der Waals surface area contributed by atoms with Gasteiger partial charge >= 0.3 is 6.01 Å². The Morgan fingerprint density at radius 3 is 2.43 bits per heavy atom. The Morgan fingerprint density at radius 1 is 1.10 bits per heavy atom. The number of aromatic nitrogens is 3. The van der Waals surface area contributed by atoms with Crippen LogP contribution < -0.4 is 15.0 Å². The lowest BCUT2D eigenvalue weighted by Gasteiger charge is -2.27. The highest BCUT2D eigenvalue weighted by Crippen LogP contribution is 2.20. The zero-order valence-corrected chi connectivity index (χ0v) is 13.6. The van der Waals surface area contributed by atoms with E-state index in [0.717, 1.165) is 25.5 Å². The summed E-state index contributed by atoms with van der Waals surface area (Å²) < 4.78 is 5.87. The van der Waals surface area contributed by atoms with Crippen LogP contribution in [0.1, 0.15) is 46.5 Å². The second-order valence-electron chi connectivity index (χ2n) is 6.10. The predicted molar refractivity (Wildman–Crippen MR) is 85.0 cm³/mol. The van der Waals surface area contributed by atoms with Crippen molar-refractivity contribution in [1.29, 1.82) is 0 Å². The van der Waals surface area contributed by atoms with Crippen molar-refractivity contribution in [2.45, 2.75) is 52.6 Å². The summed E-state index contributed by atoms with van der Waals surface area (Å²) in [6.45, 7) is 8.45. The van der Waals surface area contributed by atoms with Crippen LogP contribution in [-0.2, 0) is 0 Å². The molecule has 0 aliphatic carbocycles. The van der Waals surface area contributed by atoms with Crippen LogP contribution in [0, 0.1) is 5.92 Å². The van der Waals surface area contributed by atoms with Crippen LogP contribution in [0.5, 0.6) is 6.01 Å². The van der Waals surface area contributed by atoms with Gasteiger partial charge in [0.05, 0.1) is 6.10 Å². The molecule has 0 aromatic carbocycles. The average molecular weight is 293 g/mol. The molecule has 2 heterocycles. The zero-order chi connectivity index (χ0) is 15.2. The van der Waals surface area contributed by atoms with E-state index in [1.165, 1.54) is 19.3 Å². The molecule has 0 spiro atoms. The third-order valence-corrected chi connectivity index (χ3v) is 3.58. The van der Waals surface area contributed by atoms with E-state index in [1.807, 2.05) is 7.05 Å². The SMILES string of the molecule is CNc1nc(OC(C)CC(C)C)nc(N2CCCCC2)n1. The molecule has 118 valence electrons. The van der Waals surface area contributed by atoms with Crippen molar-refractivity contribution in [1.82, 2.24) is 15.0 Å². The first-order valence-electron chi connectivity index (χ1n) is 7.94. The first-order chi connectivity index (χ1) is 10.1. The number of piperidine rings is 1. The lowest BCUT2D eigenvalue weighted by atomic mass is 10.1. The van der Waals surface area contributed by atoms with Gasteiger partial charge in [-0.05, 0) is 38.5 Å². The molecule has 1 atom stereocenters. The molecule has 6 nitrogen and oxygen atoms in total. The molecular formula is C15H27N5O. The van der Waals surface area contributed by atoms with Crippen LogP contribution in [0.4, 0.5) is 11.9 Å². The second kappa shape index (κ2) is 7.43. The smallest absolute Gasteiger partial charge is 0.323 e. The quantitative estimate of drug-likeness (QED) is 0.870. The minimum Gasteiger partial charge on any atom is -0.460 e. The van der Waals surface area contributed by atoms with E-state index < -0.39 is 0 Å². The Kier molecular flexibility index (Phi) is 5.59. The maximum atomic E-state index is 5.87. The Balaban J connectivity index is 2.12. The highest BCUT2D eigenvalue weighted by Gasteiger charge is 2.17. The van der Waals surface area contributed by atoms with Gasteiger partial charge in [-0.2, -0.15) is 15.0 Å². The minimum absolute atomic E-state index is 0.103. The van der Waals surface area contributed by atoms with Gasteiger partial charge in [0.1, 0.15) is 0 Å². The number of hydrogen-bond acceptors (Lipinski definition) is 6. The third kappa shape index (κ3) is 4.72. The fraction of sp³-hybridized carbons (Fsp3) is 0.800. The Morgan fingerprint density at radius 2 is 1.81 bits per heavy atom. The summed E-state index contributed by atoms with van der Waals surface area (Å²) in [4.78, 5) is 15.5. The molecule has 0 bridgehead atoms. The summed E-state index contributed by atoms with van der Waals surface area (Å²) in [6, 6.07) is 0.420. The van der Waals surface area contributed by atoms with Crippen molar-refractivity contribution in [2.75, 3.05) is 30.4 Å². The van der Waals surface area contributed by atoms with E-state index in [1.54, 1.807) is 0 Å². The number of hydrogen-bond donors (Lipinski definition) is 1. The summed E-state index contributed by atoms with van der Waals surface area (Å²) in [5.41, 5.74) is 0. The van der Waals surface area contributed by atoms with Crippen molar-refractivity contribution >= 4 is 11.9 Å². The monoisotopic (exact) mass is 293 g/mol. The molecule has 0 radical (unpaired) electrons. The fourth-order valence-electron chi connectivity index (χ4n) is 2.64. The van der Waals surface area contributed by atoms with Crippen molar-refractivity contribution in [2.24, 2.45) is 5.92 Å². The first kappa shape index (κ1) is 15.8. The van der Waals surface area contributed by atoms with E-state index in [-0.39, 0.29) is 6.10 Å². The maximum Gasteiger partial charge on any atom is 0.323 e.